The number of primary amides is 1. The summed E-state index contributed by atoms with van der Waals surface area (Å²) in [6, 6.07) is 5.36. The molecule has 176 valence electrons. The van der Waals surface area contributed by atoms with Gasteiger partial charge in [-0.2, -0.15) is 0 Å². The number of hydrogen-bond donors (Lipinski definition) is 4. The fraction of sp³-hybridized carbons (Fsp3) is 0.391. The molecule has 5 N–H and O–H groups in total. The first-order valence-corrected chi connectivity index (χ1v) is 10.7. The Kier molecular flexibility index (Phi) is 7.37. The molecular formula is C23H30N6O4. The third kappa shape index (κ3) is 5.71. The summed E-state index contributed by atoms with van der Waals surface area (Å²) in [5.41, 5.74) is 7.32. The second-order valence-corrected chi connectivity index (χ2v) is 8.42. The molecule has 3 amide bonds. The van der Waals surface area contributed by atoms with Crippen LogP contribution in [0.15, 0.2) is 36.8 Å². The molecule has 2 atom stereocenters. The van der Waals surface area contributed by atoms with Crippen molar-refractivity contribution in [2.45, 2.75) is 38.8 Å². The number of ether oxygens (including phenoxy) is 1. The van der Waals surface area contributed by atoms with Gasteiger partial charge in [0.2, 0.25) is 11.8 Å². The molecule has 1 aromatic carbocycles. The summed E-state index contributed by atoms with van der Waals surface area (Å²) in [7, 11) is 3.35. The van der Waals surface area contributed by atoms with Crippen LogP contribution in [0.4, 0.5) is 0 Å². The molecule has 2 heterocycles. The first kappa shape index (κ1) is 23.8. The summed E-state index contributed by atoms with van der Waals surface area (Å²) >= 11 is 0. The van der Waals surface area contributed by atoms with E-state index < -0.39 is 29.8 Å². The highest BCUT2D eigenvalue weighted by Crippen LogP contribution is 2.26. The number of amides is 3. The zero-order chi connectivity index (χ0) is 24.1. The second kappa shape index (κ2) is 10.2. The number of aromatic nitrogens is 3. The Bertz CT molecular complexity index is 1150. The maximum Gasteiger partial charge on any atom is 0.268 e. The number of imidazole rings is 1. The monoisotopic (exact) mass is 454 g/mol. The van der Waals surface area contributed by atoms with Gasteiger partial charge in [0.1, 0.15) is 23.5 Å². The number of fused-ring (bicyclic) bond motifs is 1. The molecule has 0 aliphatic heterocycles. The van der Waals surface area contributed by atoms with E-state index in [0.717, 1.165) is 16.6 Å². The SMILES string of the molecule is COc1cccc2[nH]c(C(=O)NC(CC(C)C)C(=O)NC(Cc3cncn3C)C(N)=O)cc12. The average Bonchev–Trinajstić information content (AvgIpc) is 3.38. The van der Waals surface area contributed by atoms with Crippen molar-refractivity contribution >= 4 is 28.6 Å². The van der Waals surface area contributed by atoms with E-state index in [1.165, 1.54) is 0 Å². The maximum absolute atomic E-state index is 13.1. The van der Waals surface area contributed by atoms with Crippen LogP contribution in [0.5, 0.6) is 5.75 Å². The Hall–Kier alpha value is -3.82. The smallest absolute Gasteiger partial charge is 0.268 e. The summed E-state index contributed by atoms with van der Waals surface area (Å²) in [5.74, 6) is -0.818. The number of hydrogen-bond acceptors (Lipinski definition) is 5. The van der Waals surface area contributed by atoms with Gasteiger partial charge in [0.15, 0.2) is 0 Å². The van der Waals surface area contributed by atoms with Gasteiger partial charge in [-0.1, -0.05) is 19.9 Å². The minimum Gasteiger partial charge on any atom is -0.496 e. The van der Waals surface area contributed by atoms with Crippen LogP contribution in [0.25, 0.3) is 10.9 Å². The highest BCUT2D eigenvalue weighted by Gasteiger charge is 2.28. The minimum absolute atomic E-state index is 0.118. The number of carbonyl (C=O) groups is 3. The highest BCUT2D eigenvalue weighted by molar-refractivity contribution is 6.01. The Morgan fingerprint density at radius 1 is 1.21 bits per heavy atom. The lowest BCUT2D eigenvalue weighted by Gasteiger charge is -2.23. The van der Waals surface area contributed by atoms with Crippen molar-refractivity contribution in [3.05, 3.63) is 48.2 Å². The number of aromatic amines is 1. The van der Waals surface area contributed by atoms with Crippen LogP contribution in [0, 0.1) is 5.92 Å². The molecule has 2 unspecified atom stereocenters. The summed E-state index contributed by atoms with van der Waals surface area (Å²) in [6.07, 6.45) is 3.80. The lowest BCUT2D eigenvalue weighted by Crippen LogP contribution is -2.54. The molecule has 0 spiro atoms. The predicted octanol–water partition coefficient (Wildman–Crippen LogP) is 1.27. The van der Waals surface area contributed by atoms with Gasteiger partial charge in [0, 0.05) is 36.3 Å². The topological polar surface area (TPSA) is 144 Å². The van der Waals surface area contributed by atoms with Crippen molar-refractivity contribution in [2.75, 3.05) is 7.11 Å². The molecule has 10 heteroatoms. The van der Waals surface area contributed by atoms with Gasteiger partial charge >= 0.3 is 0 Å². The first-order chi connectivity index (χ1) is 15.7. The van der Waals surface area contributed by atoms with Gasteiger partial charge < -0.3 is 30.7 Å². The van der Waals surface area contributed by atoms with Crippen molar-refractivity contribution in [3.8, 4) is 5.75 Å². The van der Waals surface area contributed by atoms with Crippen LogP contribution in [-0.2, 0) is 23.1 Å². The largest absolute Gasteiger partial charge is 0.496 e. The van der Waals surface area contributed by atoms with Crippen LogP contribution in [0.3, 0.4) is 0 Å². The second-order valence-electron chi connectivity index (χ2n) is 8.42. The third-order valence-corrected chi connectivity index (χ3v) is 5.41. The quantitative estimate of drug-likeness (QED) is 0.365. The van der Waals surface area contributed by atoms with Gasteiger partial charge in [0.05, 0.1) is 13.4 Å². The average molecular weight is 455 g/mol. The molecule has 0 fully saturated rings. The number of benzene rings is 1. The first-order valence-electron chi connectivity index (χ1n) is 10.7. The van der Waals surface area contributed by atoms with E-state index >= 15 is 0 Å². The standard InChI is InChI=1S/C23H30N6O4/c1-13(2)8-18(22(31)27-17(21(24)30)9-14-11-25-12-29(14)3)28-23(32)19-10-15-16(26-19)6-5-7-20(15)33-4/h5-7,10-13,17-18,26H,8-9H2,1-4H3,(H2,24,30)(H,27,31)(H,28,32). The summed E-state index contributed by atoms with van der Waals surface area (Å²) < 4.78 is 7.09. The van der Waals surface area contributed by atoms with Crippen LogP contribution >= 0.6 is 0 Å². The van der Waals surface area contributed by atoms with Crippen LogP contribution in [0.1, 0.15) is 36.5 Å². The van der Waals surface area contributed by atoms with Gasteiger partial charge in [-0.25, -0.2) is 4.98 Å². The Labute approximate surface area is 191 Å². The molecule has 0 aliphatic rings. The number of methoxy groups -OCH3 is 1. The van der Waals surface area contributed by atoms with E-state index in [4.69, 9.17) is 10.5 Å². The molecule has 2 aromatic heterocycles. The van der Waals surface area contributed by atoms with Gasteiger partial charge in [-0.15, -0.1) is 0 Å². The molecule has 0 saturated carbocycles. The number of carbonyl (C=O) groups excluding carboxylic acids is 3. The third-order valence-electron chi connectivity index (χ3n) is 5.41. The Morgan fingerprint density at radius 2 is 1.97 bits per heavy atom. The van der Waals surface area contributed by atoms with Gasteiger partial charge in [-0.05, 0) is 30.5 Å². The fourth-order valence-corrected chi connectivity index (χ4v) is 3.65. The number of rotatable bonds is 10. The Morgan fingerprint density at radius 3 is 2.58 bits per heavy atom. The predicted molar refractivity (Wildman–Crippen MR) is 124 cm³/mol. The van der Waals surface area contributed by atoms with Crippen molar-refractivity contribution in [2.24, 2.45) is 18.7 Å². The molecule has 3 rings (SSSR count). The van der Waals surface area contributed by atoms with Crippen molar-refractivity contribution in [1.82, 2.24) is 25.2 Å². The number of nitrogens with zero attached hydrogens (tertiary/aromatic N) is 2. The number of nitrogens with two attached hydrogens (primary N) is 1. The molecule has 10 nitrogen and oxygen atoms in total. The van der Waals surface area contributed by atoms with E-state index in [0.29, 0.717) is 17.9 Å². The molecule has 33 heavy (non-hydrogen) atoms. The lowest BCUT2D eigenvalue weighted by molar-refractivity contribution is -0.128. The lowest BCUT2D eigenvalue weighted by atomic mass is 10.0. The summed E-state index contributed by atoms with van der Waals surface area (Å²) in [5, 5.41) is 6.24. The Balaban J connectivity index is 1.76. The van der Waals surface area contributed by atoms with E-state index in [9.17, 15) is 14.4 Å². The molecule has 0 saturated heterocycles. The molecule has 3 aromatic rings. The number of aryl methyl sites for hydroxylation is 1. The van der Waals surface area contributed by atoms with Crippen molar-refractivity contribution in [3.63, 3.8) is 0 Å². The fourth-order valence-electron chi connectivity index (χ4n) is 3.65. The minimum atomic E-state index is -0.934. The van der Waals surface area contributed by atoms with Crippen LogP contribution in [-0.4, -0.2) is 51.5 Å². The van der Waals surface area contributed by atoms with Crippen molar-refractivity contribution < 1.29 is 19.1 Å². The van der Waals surface area contributed by atoms with Crippen LogP contribution in [0.2, 0.25) is 0 Å². The van der Waals surface area contributed by atoms with Gasteiger partial charge in [-0.3, -0.25) is 14.4 Å². The normalized spacial score (nSPS) is 13.0. The van der Waals surface area contributed by atoms with E-state index in [2.05, 4.69) is 20.6 Å². The number of nitrogens with one attached hydrogen (secondary N) is 3. The highest BCUT2D eigenvalue weighted by atomic mass is 16.5. The van der Waals surface area contributed by atoms with Crippen LogP contribution < -0.4 is 21.1 Å². The van der Waals surface area contributed by atoms with Gasteiger partial charge in [0.25, 0.3) is 5.91 Å². The molecule has 0 aliphatic carbocycles. The van der Waals surface area contributed by atoms with E-state index in [1.54, 1.807) is 43.4 Å². The summed E-state index contributed by atoms with van der Waals surface area (Å²) in [6.45, 7) is 3.89. The van der Waals surface area contributed by atoms with E-state index in [-0.39, 0.29) is 12.3 Å². The van der Waals surface area contributed by atoms with E-state index in [1.807, 2.05) is 26.0 Å². The number of H-pyrrole nitrogens is 1. The zero-order valence-corrected chi connectivity index (χ0v) is 19.2. The molecule has 0 bridgehead atoms. The molecule has 0 radical (unpaired) electrons. The zero-order valence-electron chi connectivity index (χ0n) is 19.2. The molecular weight excluding hydrogens is 424 g/mol. The summed E-state index contributed by atoms with van der Waals surface area (Å²) in [4.78, 5) is 45.1. The maximum atomic E-state index is 13.1. The van der Waals surface area contributed by atoms with Crippen molar-refractivity contribution in [1.29, 1.82) is 0 Å².